The molecular formula is C29H46O6. The van der Waals surface area contributed by atoms with Gasteiger partial charge in [-0.3, -0.25) is 9.59 Å². The van der Waals surface area contributed by atoms with Crippen LogP contribution in [-0.2, 0) is 23.8 Å². The maximum atomic E-state index is 12.1. The van der Waals surface area contributed by atoms with E-state index in [0.29, 0.717) is 23.9 Å². The first-order valence-electron chi connectivity index (χ1n) is 13.9. The fourth-order valence-electron chi connectivity index (χ4n) is 10.8. The summed E-state index contributed by atoms with van der Waals surface area (Å²) in [5.41, 5.74) is 0.0416. The van der Waals surface area contributed by atoms with Crippen molar-refractivity contribution in [1.82, 2.24) is 0 Å². The fraction of sp³-hybridized carbons (Fsp3) is 0.931. The summed E-state index contributed by atoms with van der Waals surface area (Å²) < 4.78 is 17.7. The molecule has 0 aromatic carbocycles. The van der Waals surface area contributed by atoms with Gasteiger partial charge in [-0.15, -0.1) is 0 Å². The van der Waals surface area contributed by atoms with Gasteiger partial charge in [-0.1, -0.05) is 41.0 Å². The highest BCUT2D eigenvalue weighted by Crippen LogP contribution is 2.74. The van der Waals surface area contributed by atoms with Gasteiger partial charge in [0.25, 0.3) is 0 Å². The van der Waals surface area contributed by atoms with Crippen LogP contribution in [0.15, 0.2) is 0 Å². The third kappa shape index (κ3) is 3.55. The molecule has 0 bridgehead atoms. The Bertz CT molecular complexity index is 884. The Balaban J connectivity index is 1.59. The molecule has 1 unspecified atom stereocenters. The zero-order valence-electron chi connectivity index (χ0n) is 22.8. The Morgan fingerprint density at radius 1 is 0.857 bits per heavy atom. The van der Waals surface area contributed by atoms with Crippen molar-refractivity contribution in [2.75, 3.05) is 6.61 Å². The lowest BCUT2D eigenvalue weighted by Gasteiger charge is -2.71. The largest absolute Gasteiger partial charge is 0.462 e. The smallest absolute Gasteiger partial charge is 0.304 e. The van der Waals surface area contributed by atoms with Crippen LogP contribution in [0.3, 0.4) is 0 Å². The van der Waals surface area contributed by atoms with Crippen LogP contribution < -0.4 is 0 Å². The molecule has 0 spiro atoms. The van der Waals surface area contributed by atoms with Gasteiger partial charge >= 0.3 is 11.9 Å². The number of carbonyl (C=O) groups excluding carboxylic acids is 2. The third-order valence-electron chi connectivity index (χ3n) is 12.0. The minimum absolute atomic E-state index is 0.0133. The number of hydrogen-bond donors (Lipinski definition) is 1. The molecule has 0 radical (unpaired) electrons. The maximum absolute atomic E-state index is 12.1. The highest BCUT2D eigenvalue weighted by Gasteiger charge is 2.72. The normalized spacial score (nSPS) is 52.3. The molecule has 5 fully saturated rings. The van der Waals surface area contributed by atoms with E-state index in [1.165, 1.54) is 39.5 Å². The zero-order valence-corrected chi connectivity index (χ0v) is 22.8. The van der Waals surface area contributed by atoms with Crippen molar-refractivity contribution in [2.45, 2.75) is 112 Å². The zero-order chi connectivity index (χ0) is 25.6. The van der Waals surface area contributed by atoms with Crippen molar-refractivity contribution in [3.63, 3.8) is 0 Å². The molecule has 11 atom stereocenters. The van der Waals surface area contributed by atoms with E-state index >= 15 is 0 Å². The van der Waals surface area contributed by atoms with Crippen molar-refractivity contribution in [3.8, 4) is 0 Å². The second-order valence-corrected chi connectivity index (χ2v) is 14.1. The monoisotopic (exact) mass is 490 g/mol. The molecule has 6 heteroatoms. The summed E-state index contributed by atoms with van der Waals surface area (Å²) in [6.07, 6.45) is 6.07. The SMILES string of the molecule is CC(=O)O[C@@H]1OCC2[C@@H](OC(C)=O)C[C@H]3[C@]4(C)CC[C@H]5C(C)(C)CCC[C@]5(C)[C@H]4C[C@@H](O)[C@]3(C)[C@H]21. The Kier molecular flexibility index (Phi) is 5.96. The van der Waals surface area contributed by atoms with Crippen LogP contribution in [0.25, 0.3) is 0 Å². The lowest BCUT2D eigenvalue weighted by Crippen LogP contribution is -2.69. The Labute approximate surface area is 210 Å². The lowest BCUT2D eigenvalue weighted by atomic mass is 9.34. The number of aliphatic hydroxyl groups is 1. The molecule has 1 aliphatic heterocycles. The molecule has 6 nitrogen and oxygen atoms in total. The topological polar surface area (TPSA) is 82.1 Å². The van der Waals surface area contributed by atoms with Crippen LogP contribution in [-0.4, -0.2) is 42.1 Å². The predicted octanol–water partition coefficient (Wildman–Crippen LogP) is 5.11. The van der Waals surface area contributed by atoms with E-state index in [-0.39, 0.29) is 46.6 Å². The van der Waals surface area contributed by atoms with E-state index in [0.717, 1.165) is 19.3 Å². The second kappa shape index (κ2) is 8.18. The second-order valence-electron chi connectivity index (χ2n) is 14.1. The standard InChI is InChI=1S/C29H46O6/c1-16(30)34-19-13-22-28(6)12-9-20-26(3,4)10-8-11-27(20,5)21(28)14-23(32)29(22,7)24-18(19)15-33-25(24)35-17(2)31/h18-25,32H,8-15H2,1-7H3/t18?,19-,20-,21+,22-,23+,24+,25-,27-,28+,29+/m0/s1. The number of carbonyl (C=O) groups is 2. The van der Waals surface area contributed by atoms with Crippen molar-refractivity contribution in [3.05, 3.63) is 0 Å². The summed E-state index contributed by atoms with van der Waals surface area (Å²) in [7, 11) is 0. The van der Waals surface area contributed by atoms with Gasteiger partial charge < -0.3 is 19.3 Å². The molecule has 5 aliphatic rings. The van der Waals surface area contributed by atoms with Gasteiger partial charge in [0.15, 0.2) is 0 Å². The minimum atomic E-state index is -0.710. The predicted molar refractivity (Wildman–Crippen MR) is 131 cm³/mol. The minimum Gasteiger partial charge on any atom is -0.462 e. The number of esters is 2. The Morgan fingerprint density at radius 2 is 1.51 bits per heavy atom. The van der Waals surface area contributed by atoms with E-state index in [4.69, 9.17) is 14.2 Å². The van der Waals surface area contributed by atoms with Gasteiger partial charge in [-0.25, -0.2) is 0 Å². The maximum Gasteiger partial charge on any atom is 0.304 e. The molecule has 1 N–H and O–H groups in total. The van der Waals surface area contributed by atoms with Crippen molar-refractivity contribution in [1.29, 1.82) is 0 Å². The number of fused-ring (bicyclic) bond motifs is 7. The quantitative estimate of drug-likeness (QED) is 0.542. The number of aliphatic hydroxyl groups excluding tert-OH is 1. The molecule has 0 amide bonds. The van der Waals surface area contributed by atoms with Gasteiger partial charge in [0.05, 0.1) is 12.7 Å². The first-order valence-corrected chi connectivity index (χ1v) is 13.9. The van der Waals surface area contributed by atoms with Crippen LogP contribution in [0.1, 0.15) is 93.4 Å². The first kappa shape index (κ1) is 25.5. The van der Waals surface area contributed by atoms with E-state index in [2.05, 4.69) is 34.6 Å². The van der Waals surface area contributed by atoms with Gasteiger partial charge in [0.2, 0.25) is 6.29 Å². The molecule has 4 aliphatic carbocycles. The van der Waals surface area contributed by atoms with Crippen LogP contribution in [0.2, 0.25) is 0 Å². The molecule has 1 heterocycles. The van der Waals surface area contributed by atoms with E-state index in [1.54, 1.807) is 0 Å². The van der Waals surface area contributed by atoms with Crippen molar-refractivity contribution < 1.29 is 28.9 Å². The average molecular weight is 491 g/mol. The molecule has 35 heavy (non-hydrogen) atoms. The highest BCUT2D eigenvalue weighted by molar-refractivity contribution is 5.66. The van der Waals surface area contributed by atoms with Crippen LogP contribution >= 0.6 is 0 Å². The van der Waals surface area contributed by atoms with Crippen LogP contribution in [0.4, 0.5) is 0 Å². The van der Waals surface area contributed by atoms with E-state index in [9.17, 15) is 14.7 Å². The molecule has 4 saturated carbocycles. The van der Waals surface area contributed by atoms with Crippen molar-refractivity contribution >= 4 is 11.9 Å². The highest BCUT2D eigenvalue weighted by atomic mass is 16.7. The average Bonchev–Trinajstić information content (AvgIpc) is 3.15. The van der Waals surface area contributed by atoms with Gasteiger partial charge in [0, 0.05) is 31.1 Å². The number of hydrogen-bond acceptors (Lipinski definition) is 6. The summed E-state index contributed by atoms with van der Waals surface area (Å²) >= 11 is 0. The molecule has 198 valence electrons. The van der Waals surface area contributed by atoms with Gasteiger partial charge in [-0.2, -0.15) is 0 Å². The van der Waals surface area contributed by atoms with Crippen LogP contribution in [0.5, 0.6) is 0 Å². The number of ether oxygens (including phenoxy) is 3. The fourth-order valence-corrected chi connectivity index (χ4v) is 10.8. The van der Waals surface area contributed by atoms with Gasteiger partial charge in [-0.05, 0) is 72.5 Å². The third-order valence-corrected chi connectivity index (χ3v) is 12.0. The summed E-state index contributed by atoms with van der Waals surface area (Å²) in [5.74, 6) is 0.272. The molecular weight excluding hydrogens is 444 g/mol. The summed E-state index contributed by atoms with van der Waals surface area (Å²) in [6.45, 7) is 15.3. The van der Waals surface area contributed by atoms with Gasteiger partial charge in [0.1, 0.15) is 6.10 Å². The molecule has 5 rings (SSSR count). The van der Waals surface area contributed by atoms with E-state index in [1.807, 2.05) is 0 Å². The van der Waals surface area contributed by atoms with Crippen molar-refractivity contribution in [2.24, 2.45) is 51.2 Å². The summed E-state index contributed by atoms with van der Waals surface area (Å²) in [4.78, 5) is 24.1. The Hall–Kier alpha value is -1.14. The molecule has 1 saturated heterocycles. The first-order chi connectivity index (χ1) is 16.2. The Morgan fingerprint density at radius 3 is 2.17 bits per heavy atom. The number of rotatable bonds is 2. The molecule has 0 aromatic heterocycles. The lowest BCUT2D eigenvalue weighted by molar-refractivity contribution is -0.275. The summed E-state index contributed by atoms with van der Waals surface area (Å²) in [5, 5.41) is 12.0. The van der Waals surface area contributed by atoms with E-state index < -0.39 is 17.8 Å². The molecule has 0 aromatic rings. The van der Waals surface area contributed by atoms with Crippen LogP contribution in [0, 0.1) is 51.2 Å². The summed E-state index contributed by atoms with van der Waals surface area (Å²) in [6, 6.07) is 0.